The third kappa shape index (κ3) is 4.16. The summed E-state index contributed by atoms with van der Waals surface area (Å²) < 4.78 is 4.29. The molecule has 1 aliphatic heterocycles. The number of hydrogen-bond donors (Lipinski definition) is 1. The Kier molecular flexibility index (Phi) is 7.59. The van der Waals surface area contributed by atoms with E-state index in [4.69, 9.17) is 0 Å². The molecule has 1 aliphatic rings. The highest BCUT2D eigenvalue weighted by Crippen LogP contribution is 2.19. The quantitative estimate of drug-likeness (QED) is 0.842. The molecule has 2 aromatic heterocycles. The van der Waals surface area contributed by atoms with Crippen molar-refractivity contribution in [3.05, 3.63) is 24.2 Å². The van der Waals surface area contributed by atoms with Crippen LogP contribution in [0.2, 0.25) is 0 Å². The zero-order valence-corrected chi connectivity index (χ0v) is 14.4. The van der Waals surface area contributed by atoms with Crippen molar-refractivity contribution >= 4 is 36.6 Å². The summed E-state index contributed by atoms with van der Waals surface area (Å²) in [5.41, 5.74) is 2.24. The Hall–Kier alpha value is -0.690. The van der Waals surface area contributed by atoms with E-state index in [0.717, 1.165) is 49.2 Å². The highest BCUT2D eigenvalue weighted by Gasteiger charge is 2.15. The normalized spacial score (nSPS) is 13.2. The van der Waals surface area contributed by atoms with Crippen molar-refractivity contribution in [2.24, 2.45) is 0 Å². The molecule has 0 bridgehead atoms. The molecule has 3 rings (SSSR count). The number of hydrogen-bond acceptors (Lipinski definition) is 4. The van der Waals surface area contributed by atoms with Crippen molar-refractivity contribution in [2.45, 2.75) is 26.6 Å². The molecular weight excluding hydrogens is 329 g/mol. The van der Waals surface area contributed by atoms with Crippen LogP contribution in [0.3, 0.4) is 0 Å². The first-order valence-corrected chi connectivity index (χ1v) is 7.90. The van der Waals surface area contributed by atoms with E-state index in [1.54, 1.807) is 0 Å². The number of halogens is 2. The monoisotopic (exact) mass is 349 g/mol. The average molecular weight is 350 g/mol. The largest absolute Gasteiger partial charge is 0.329 e. The number of rotatable bonds is 5. The molecule has 0 saturated heterocycles. The molecule has 0 aromatic carbocycles. The van der Waals surface area contributed by atoms with Crippen LogP contribution in [0.5, 0.6) is 0 Å². The second kappa shape index (κ2) is 8.68. The van der Waals surface area contributed by atoms with E-state index in [1.165, 1.54) is 5.69 Å². The lowest BCUT2D eigenvalue weighted by Crippen LogP contribution is -2.28. The maximum absolute atomic E-state index is 4.67. The summed E-state index contributed by atoms with van der Waals surface area (Å²) >= 11 is 1.95. The smallest absolute Gasteiger partial charge is 0.160 e. The summed E-state index contributed by atoms with van der Waals surface area (Å²) in [6, 6.07) is 2.15. The summed E-state index contributed by atoms with van der Waals surface area (Å²) in [6.45, 7) is 6.03. The summed E-state index contributed by atoms with van der Waals surface area (Å²) in [4.78, 5) is 4.47. The Bertz CT molecular complexity index is 531. The molecule has 118 valence electrons. The first-order valence-electron chi connectivity index (χ1n) is 6.75. The van der Waals surface area contributed by atoms with Crippen molar-refractivity contribution in [3.63, 3.8) is 0 Å². The van der Waals surface area contributed by atoms with Gasteiger partial charge < -0.3 is 9.88 Å². The van der Waals surface area contributed by atoms with E-state index in [9.17, 15) is 0 Å². The molecule has 1 N–H and O–H groups in total. The fraction of sp³-hybridized carbons (Fsp3) is 0.538. The van der Waals surface area contributed by atoms with Crippen LogP contribution in [-0.4, -0.2) is 37.4 Å². The number of imidazole rings is 1. The van der Waals surface area contributed by atoms with Gasteiger partial charge in [0.05, 0.1) is 12.2 Å². The molecular formula is C13H21Cl2N5S. The number of fused-ring (bicyclic) bond motifs is 1. The van der Waals surface area contributed by atoms with E-state index in [0.29, 0.717) is 0 Å². The van der Waals surface area contributed by atoms with Crippen molar-refractivity contribution < 1.29 is 0 Å². The summed E-state index contributed by atoms with van der Waals surface area (Å²) in [7, 11) is 0. The highest BCUT2D eigenvalue weighted by atomic mass is 35.5. The SMILES string of the molecule is CCSCCn1ccnc1-c1cc2n(n1)CCNC2.Cl.Cl. The topological polar surface area (TPSA) is 47.7 Å². The lowest BCUT2D eigenvalue weighted by molar-refractivity contribution is 0.476. The summed E-state index contributed by atoms with van der Waals surface area (Å²) in [6.07, 6.45) is 3.91. The van der Waals surface area contributed by atoms with Crippen LogP contribution in [0.1, 0.15) is 12.6 Å². The predicted octanol–water partition coefficient (Wildman–Crippen LogP) is 2.45. The maximum atomic E-state index is 4.67. The van der Waals surface area contributed by atoms with E-state index in [-0.39, 0.29) is 24.8 Å². The zero-order chi connectivity index (χ0) is 13.1. The third-order valence-electron chi connectivity index (χ3n) is 3.30. The fourth-order valence-electron chi connectivity index (χ4n) is 2.33. The van der Waals surface area contributed by atoms with Crippen LogP contribution >= 0.6 is 36.6 Å². The second-order valence-electron chi connectivity index (χ2n) is 4.56. The summed E-state index contributed by atoms with van der Waals surface area (Å²) in [5, 5.41) is 8.03. The van der Waals surface area contributed by atoms with Gasteiger partial charge in [-0.1, -0.05) is 6.92 Å². The van der Waals surface area contributed by atoms with Crippen molar-refractivity contribution in [1.82, 2.24) is 24.6 Å². The first-order chi connectivity index (χ1) is 9.38. The van der Waals surface area contributed by atoms with Gasteiger partial charge in [0.2, 0.25) is 0 Å². The molecule has 3 heterocycles. The molecule has 21 heavy (non-hydrogen) atoms. The minimum absolute atomic E-state index is 0. The summed E-state index contributed by atoms with van der Waals surface area (Å²) in [5.74, 6) is 3.27. The van der Waals surface area contributed by atoms with Gasteiger partial charge in [0.25, 0.3) is 0 Å². The van der Waals surface area contributed by atoms with Crippen molar-refractivity contribution in [1.29, 1.82) is 0 Å². The lowest BCUT2D eigenvalue weighted by Gasteiger charge is -2.13. The fourth-order valence-corrected chi connectivity index (χ4v) is 2.95. The Morgan fingerprint density at radius 3 is 3.00 bits per heavy atom. The van der Waals surface area contributed by atoms with Gasteiger partial charge in [0.15, 0.2) is 5.82 Å². The molecule has 0 atom stereocenters. The van der Waals surface area contributed by atoms with Gasteiger partial charge in [-0.25, -0.2) is 4.98 Å². The molecule has 0 saturated carbocycles. The maximum Gasteiger partial charge on any atom is 0.160 e. The molecule has 2 aromatic rings. The van der Waals surface area contributed by atoms with Crippen LogP contribution < -0.4 is 5.32 Å². The minimum atomic E-state index is 0. The standard InChI is InChI=1S/C13H19N5S.2ClH/c1-2-19-8-7-17-5-4-15-13(17)12-9-11-10-14-3-6-18(11)16-12;;/h4-5,9,14H,2-3,6-8,10H2,1H3;2*1H. The van der Waals surface area contributed by atoms with Gasteiger partial charge >= 0.3 is 0 Å². The molecule has 0 fully saturated rings. The molecule has 0 unspecified atom stereocenters. The van der Waals surface area contributed by atoms with Gasteiger partial charge in [-0.05, 0) is 11.8 Å². The van der Waals surface area contributed by atoms with Gasteiger partial charge in [-0.15, -0.1) is 24.8 Å². The van der Waals surface area contributed by atoms with Crippen molar-refractivity contribution in [3.8, 4) is 11.5 Å². The molecule has 5 nitrogen and oxygen atoms in total. The number of aromatic nitrogens is 4. The van der Waals surface area contributed by atoms with Crippen LogP contribution in [0, 0.1) is 0 Å². The van der Waals surface area contributed by atoms with Gasteiger partial charge in [0, 0.05) is 37.8 Å². The Morgan fingerprint density at radius 2 is 2.24 bits per heavy atom. The minimum Gasteiger partial charge on any atom is -0.329 e. The Morgan fingerprint density at radius 1 is 1.38 bits per heavy atom. The number of nitrogens with zero attached hydrogens (tertiary/aromatic N) is 4. The number of nitrogens with one attached hydrogen (secondary N) is 1. The van der Waals surface area contributed by atoms with E-state index in [2.05, 4.69) is 37.6 Å². The number of thioether (sulfide) groups is 1. The third-order valence-corrected chi connectivity index (χ3v) is 4.17. The van der Waals surface area contributed by atoms with Gasteiger partial charge in [0.1, 0.15) is 5.69 Å². The predicted molar refractivity (Wildman–Crippen MR) is 92.6 cm³/mol. The van der Waals surface area contributed by atoms with Crippen LogP contribution in [0.15, 0.2) is 18.5 Å². The molecule has 0 radical (unpaired) electrons. The van der Waals surface area contributed by atoms with E-state index >= 15 is 0 Å². The Balaban J connectivity index is 0.00000110. The Labute approximate surface area is 141 Å². The molecule has 0 amide bonds. The second-order valence-corrected chi connectivity index (χ2v) is 5.96. The first kappa shape index (κ1) is 18.4. The molecule has 0 aliphatic carbocycles. The molecule has 8 heteroatoms. The average Bonchev–Trinajstić information content (AvgIpc) is 3.04. The van der Waals surface area contributed by atoms with Gasteiger partial charge in [-0.3, -0.25) is 4.68 Å². The van der Waals surface area contributed by atoms with Crippen LogP contribution in [-0.2, 0) is 19.6 Å². The molecule has 0 spiro atoms. The zero-order valence-electron chi connectivity index (χ0n) is 12.0. The number of aryl methyl sites for hydroxylation is 1. The van der Waals surface area contributed by atoms with Gasteiger partial charge in [-0.2, -0.15) is 16.9 Å². The van der Waals surface area contributed by atoms with E-state index in [1.807, 2.05) is 24.2 Å². The van der Waals surface area contributed by atoms with E-state index < -0.39 is 0 Å². The highest BCUT2D eigenvalue weighted by molar-refractivity contribution is 7.99. The van der Waals surface area contributed by atoms with Crippen LogP contribution in [0.25, 0.3) is 11.5 Å². The van der Waals surface area contributed by atoms with Crippen molar-refractivity contribution in [2.75, 3.05) is 18.1 Å². The lowest BCUT2D eigenvalue weighted by atomic mass is 10.3. The van der Waals surface area contributed by atoms with Crippen LogP contribution in [0.4, 0.5) is 0 Å².